The van der Waals surface area contributed by atoms with E-state index in [2.05, 4.69) is 11.0 Å². The second-order valence-corrected chi connectivity index (χ2v) is 4.89. The summed E-state index contributed by atoms with van der Waals surface area (Å²) in [6.07, 6.45) is 1.66. The highest BCUT2D eigenvalue weighted by atomic mass is 16.2. The normalized spacial score (nSPS) is 22.8. The van der Waals surface area contributed by atoms with Crippen LogP contribution in [0.4, 0.5) is 5.69 Å². The fourth-order valence-electron chi connectivity index (χ4n) is 2.87. The smallest absolute Gasteiger partial charge is 0.223 e. The molecular formula is C14H15N3O. The molecule has 1 atom stereocenters. The van der Waals surface area contributed by atoms with Gasteiger partial charge in [-0.3, -0.25) is 4.79 Å². The van der Waals surface area contributed by atoms with E-state index in [-0.39, 0.29) is 0 Å². The second kappa shape index (κ2) is 4.34. The van der Waals surface area contributed by atoms with Gasteiger partial charge < -0.3 is 9.80 Å². The minimum absolute atomic E-state index is 0.297. The highest BCUT2D eigenvalue weighted by Crippen LogP contribution is 2.26. The Morgan fingerprint density at radius 2 is 2.22 bits per heavy atom. The number of fused-ring (bicyclic) bond motifs is 1. The van der Waals surface area contributed by atoms with Crippen molar-refractivity contribution in [3.8, 4) is 6.07 Å². The van der Waals surface area contributed by atoms with Crippen molar-refractivity contribution in [2.24, 2.45) is 0 Å². The Balaban J connectivity index is 1.78. The number of hydrogen-bond acceptors (Lipinski definition) is 3. The first kappa shape index (κ1) is 11.1. The summed E-state index contributed by atoms with van der Waals surface area (Å²) in [5, 5.41) is 8.92. The maximum atomic E-state index is 11.6. The molecule has 1 amide bonds. The number of benzene rings is 1. The van der Waals surface area contributed by atoms with Gasteiger partial charge >= 0.3 is 0 Å². The molecule has 2 heterocycles. The highest BCUT2D eigenvalue weighted by molar-refractivity contribution is 5.79. The Bertz CT molecular complexity index is 520. The third-order valence-electron chi connectivity index (χ3n) is 3.83. The van der Waals surface area contributed by atoms with Gasteiger partial charge in [-0.1, -0.05) is 6.07 Å². The van der Waals surface area contributed by atoms with Crippen molar-refractivity contribution in [2.45, 2.75) is 18.9 Å². The Hall–Kier alpha value is -2.02. The van der Waals surface area contributed by atoms with Crippen LogP contribution in [-0.4, -0.2) is 36.5 Å². The maximum Gasteiger partial charge on any atom is 0.223 e. The molecule has 2 aliphatic rings. The van der Waals surface area contributed by atoms with Crippen molar-refractivity contribution >= 4 is 11.6 Å². The van der Waals surface area contributed by atoms with Gasteiger partial charge in [-0.2, -0.15) is 5.26 Å². The first-order chi connectivity index (χ1) is 8.78. The zero-order valence-corrected chi connectivity index (χ0v) is 10.2. The monoisotopic (exact) mass is 241 g/mol. The Labute approximate surface area is 106 Å². The molecule has 2 fully saturated rings. The van der Waals surface area contributed by atoms with Gasteiger partial charge in [-0.15, -0.1) is 0 Å². The summed E-state index contributed by atoms with van der Waals surface area (Å²) in [6.45, 7) is 2.55. The van der Waals surface area contributed by atoms with E-state index >= 15 is 0 Å². The molecule has 2 saturated heterocycles. The van der Waals surface area contributed by atoms with Crippen LogP contribution in [0.2, 0.25) is 0 Å². The molecular weight excluding hydrogens is 226 g/mol. The molecule has 3 rings (SSSR count). The van der Waals surface area contributed by atoms with Crippen molar-refractivity contribution < 1.29 is 4.79 Å². The maximum absolute atomic E-state index is 11.6. The van der Waals surface area contributed by atoms with Crippen molar-refractivity contribution in [2.75, 3.05) is 24.5 Å². The first-order valence-corrected chi connectivity index (χ1v) is 6.32. The molecule has 0 bridgehead atoms. The van der Waals surface area contributed by atoms with Crippen molar-refractivity contribution in [3.63, 3.8) is 0 Å². The number of carbonyl (C=O) groups is 1. The number of rotatable bonds is 1. The van der Waals surface area contributed by atoms with Gasteiger partial charge in [0.1, 0.15) is 0 Å². The van der Waals surface area contributed by atoms with E-state index in [0.717, 1.165) is 31.7 Å². The van der Waals surface area contributed by atoms with Gasteiger partial charge in [0.25, 0.3) is 0 Å². The fraction of sp³-hybridized carbons (Fsp3) is 0.429. The number of nitrogens with zero attached hydrogens (tertiary/aromatic N) is 3. The van der Waals surface area contributed by atoms with E-state index in [4.69, 9.17) is 5.26 Å². The molecule has 4 heteroatoms. The third kappa shape index (κ3) is 1.82. The largest absolute Gasteiger partial charge is 0.368 e. The minimum atomic E-state index is 0.297. The Kier molecular flexibility index (Phi) is 2.67. The van der Waals surface area contributed by atoms with Gasteiger partial charge in [0, 0.05) is 37.8 Å². The quantitative estimate of drug-likeness (QED) is 0.746. The molecule has 0 radical (unpaired) electrons. The lowest BCUT2D eigenvalue weighted by Crippen LogP contribution is -2.51. The van der Waals surface area contributed by atoms with Crippen LogP contribution >= 0.6 is 0 Å². The summed E-state index contributed by atoms with van der Waals surface area (Å²) in [4.78, 5) is 15.9. The number of anilines is 1. The predicted octanol–water partition coefficient (Wildman–Crippen LogP) is 1.37. The molecule has 2 aliphatic heterocycles. The molecule has 0 aromatic heterocycles. The zero-order valence-electron chi connectivity index (χ0n) is 10.2. The number of hydrogen-bond donors (Lipinski definition) is 0. The molecule has 1 aromatic rings. The van der Waals surface area contributed by atoms with Gasteiger partial charge in [0.15, 0.2) is 0 Å². The van der Waals surface area contributed by atoms with Gasteiger partial charge in [-0.05, 0) is 24.6 Å². The molecule has 1 unspecified atom stereocenters. The number of amides is 1. The lowest BCUT2D eigenvalue weighted by molar-refractivity contribution is -0.129. The van der Waals surface area contributed by atoms with E-state index in [1.54, 1.807) is 0 Å². The van der Waals surface area contributed by atoms with E-state index < -0.39 is 0 Å². The van der Waals surface area contributed by atoms with Crippen molar-refractivity contribution in [1.82, 2.24) is 4.90 Å². The van der Waals surface area contributed by atoms with Crippen LogP contribution < -0.4 is 4.90 Å². The Morgan fingerprint density at radius 3 is 3.06 bits per heavy atom. The number of carbonyl (C=O) groups excluding carboxylic acids is 1. The fourth-order valence-corrected chi connectivity index (χ4v) is 2.87. The standard InChI is InChI=1S/C14H15N3O/c15-9-11-2-1-3-12(8-11)16-6-7-17-13(10-16)4-5-14(17)18/h1-3,8,13H,4-7,10H2. The van der Waals surface area contributed by atoms with E-state index in [9.17, 15) is 4.79 Å². The van der Waals surface area contributed by atoms with Crippen LogP contribution in [0.15, 0.2) is 24.3 Å². The summed E-state index contributed by atoms with van der Waals surface area (Å²) >= 11 is 0. The Morgan fingerprint density at radius 1 is 1.33 bits per heavy atom. The molecule has 92 valence electrons. The van der Waals surface area contributed by atoms with Crippen molar-refractivity contribution in [3.05, 3.63) is 29.8 Å². The van der Waals surface area contributed by atoms with Crippen LogP contribution in [0, 0.1) is 11.3 Å². The molecule has 0 spiro atoms. The summed E-state index contributed by atoms with van der Waals surface area (Å²) in [5.41, 5.74) is 1.78. The van der Waals surface area contributed by atoms with Gasteiger partial charge in [-0.25, -0.2) is 0 Å². The average Bonchev–Trinajstić information content (AvgIpc) is 2.80. The number of nitriles is 1. The highest BCUT2D eigenvalue weighted by Gasteiger charge is 2.35. The third-order valence-corrected chi connectivity index (χ3v) is 3.83. The van der Waals surface area contributed by atoms with Crippen molar-refractivity contribution in [1.29, 1.82) is 5.26 Å². The first-order valence-electron chi connectivity index (χ1n) is 6.32. The minimum Gasteiger partial charge on any atom is -0.368 e. The lowest BCUT2D eigenvalue weighted by atomic mass is 10.1. The molecule has 0 saturated carbocycles. The predicted molar refractivity (Wildman–Crippen MR) is 68.1 cm³/mol. The lowest BCUT2D eigenvalue weighted by Gasteiger charge is -2.38. The molecule has 1 aromatic carbocycles. The topological polar surface area (TPSA) is 47.3 Å². The van der Waals surface area contributed by atoms with Gasteiger partial charge in [0.2, 0.25) is 5.91 Å². The molecule has 0 N–H and O–H groups in total. The van der Waals surface area contributed by atoms with E-state index in [1.165, 1.54) is 0 Å². The summed E-state index contributed by atoms with van der Waals surface area (Å²) in [7, 11) is 0. The summed E-state index contributed by atoms with van der Waals surface area (Å²) in [6, 6.07) is 10.2. The van der Waals surface area contributed by atoms with Crippen LogP contribution in [0.25, 0.3) is 0 Å². The van der Waals surface area contributed by atoms with Crippen LogP contribution in [0.5, 0.6) is 0 Å². The SMILES string of the molecule is N#Cc1cccc(N2CCN3C(=O)CCC3C2)c1. The van der Waals surface area contributed by atoms with Crippen LogP contribution in [-0.2, 0) is 4.79 Å². The molecule has 18 heavy (non-hydrogen) atoms. The van der Waals surface area contributed by atoms with E-state index in [1.807, 2.05) is 29.2 Å². The van der Waals surface area contributed by atoms with Crippen LogP contribution in [0.1, 0.15) is 18.4 Å². The number of piperazine rings is 1. The second-order valence-electron chi connectivity index (χ2n) is 4.89. The summed E-state index contributed by atoms with van der Waals surface area (Å²) in [5.74, 6) is 0.297. The molecule has 0 aliphatic carbocycles. The summed E-state index contributed by atoms with van der Waals surface area (Å²) < 4.78 is 0. The average molecular weight is 241 g/mol. The van der Waals surface area contributed by atoms with Crippen LogP contribution in [0.3, 0.4) is 0 Å². The molecule has 4 nitrogen and oxygen atoms in total. The van der Waals surface area contributed by atoms with E-state index in [0.29, 0.717) is 23.9 Å². The van der Waals surface area contributed by atoms with Gasteiger partial charge in [0.05, 0.1) is 11.6 Å². The zero-order chi connectivity index (χ0) is 12.5.